The van der Waals surface area contributed by atoms with Gasteiger partial charge in [0, 0.05) is 13.1 Å². The topological polar surface area (TPSA) is 58.4 Å². The maximum Gasteiger partial charge on any atom is 0.318 e. The Hall–Kier alpha value is -1.55. The number of urea groups is 1. The van der Waals surface area contributed by atoms with E-state index in [2.05, 4.69) is 23.5 Å². The fraction of sp³-hybridized carbons (Fsp3) is 0.533. The highest BCUT2D eigenvalue weighted by Crippen LogP contribution is 2.27. The average molecular weight is 259 g/mol. The standard InChI is InChI=1S/C15H21N3O/c16-7-2-8-18-10-14(17-15(18)19)13-6-5-11-3-1-4-12(11)9-13/h5-6,9,14H,1-4,7-8,10,16H2,(H,17,19). The molecular weight excluding hydrogens is 238 g/mol. The molecule has 0 bridgehead atoms. The van der Waals surface area contributed by atoms with Crippen LogP contribution in [-0.4, -0.2) is 30.6 Å². The predicted octanol–water partition coefficient (Wildman–Crippen LogP) is 1.59. The molecule has 1 unspecified atom stereocenters. The molecule has 1 aromatic rings. The Morgan fingerprint density at radius 2 is 2.16 bits per heavy atom. The second-order valence-electron chi connectivity index (χ2n) is 5.47. The normalized spacial score (nSPS) is 21.6. The smallest absolute Gasteiger partial charge is 0.318 e. The largest absolute Gasteiger partial charge is 0.330 e. The van der Waals surface area contributed by atoms with Gasteiger partial charge in [0.2, 0.25) is 0 Å². The summed E-state index contributed by atoms with van der Waals surface area (Å²) in [5.41, 5.74) is 9.69. The number of rotatable bonds is 4. The average Bonchev–Trinajstić information content (AvgIpc) is 3.02. The second-order valence-corrected chi connectivity index (χ2v) is 5.47. The zero-order valence-electron chi connectivity index (χ0n) is 11.2. The zero-order valence-corrected chi connectivity index (χ0v) is 11.2. The fourth-order valence-electron chi connectivity index (χ4n) is 3.06. The molecule has 1 atom stereocenters. The lowest BCUT2D eigenvalue weighted by molar-refractivity contribution is 0.217. The Kier molecular flexibility index (Phi) is 3.42. The Bertz CT molecular complexity index is 486. The van der Waals surface area contributed by atoms with Crippen molar-refractivity contribution in [2.24, 2.45) is 5.73 Å². The van der Waals surface area contributed by atoms with Crippen molar-refractivity contribution in [2.45, 2.75) is 31.7 Å². The molecule has 3 N–H and O–H groups in total. The van der Waals surface area contributed by atoms with Gasteiger partial charge in [-0.2, -0.15) is 0 Å². The zero-order chi connectivity index (χ0) is 13.2. The van der Waals surface area contributed by atoms with Gasteiger partial charge in [0.15, 0.2) is 0 Å². The number of carbonyl (C=O) groups excluding carboxylic acids is 1. The van der Waals surface area contributed by atoms with Gasteiger partial charge in [-0.05, 0) is 48.9 Å². The van der Waals surface area contributed by atoms with Crippen molar-refractivity contribution in [3.63, 3.8) is 0 Å². The van der Waals surface area contributed by atoms with E-state index in [4.69, 9.17) is 5.73 Å². The highest BCUT2D eigenvalue weighted by molar-refractivity contribution is 5.77. The monoisotopic (exact) mass is 259 g/mol. The van der Waals surface area contributed by atoms with E-state index in [-0.39, 0.29) is 12.1 Å². The number of nitrogens with two attached hydrogens (primary N) is 1. The van der Waals surface area contributed by atoms with Gasteiger partial charge in [0.1, 0.15) is 0 Å². The first-order valence-electron chi connectivity index (χ1n) is 7.15. The van der Waals surface area contributed by atoms with Crippen molar-refractivity contribution in [1.82, 2.24) is 10.2 Å². The van der Waals surface area contributed by atoms with Crippen molar-refractivity contribution in [3.8, 4) is 0 Å². The molecule has 102 valence electrons. The summed E-state index contributed by atoms with van der Waals surface area (Å²) in [6.07, 6.45) is 4.51. The minimum Gasteiger partial charge on any atom is -0.330 e. The van der Waals surface area contributed by atoms with E-state index in [0.717, 1.165) is 19.5 Å². The van der Waals surface area contributed by atoms with Gasteiger partial charge >= 0.3 is 6.03 Å². The third kappa shape index (κ3) is 2.45. The molecule has 4 heteroatoms. The first kappa shape index (κ1) is 12.5. The van der Waals surface area contributed by atoms with Crippen LogP contribution in [0.4, 0.5) is 4.79 Å². The lowest BCUT2D eigenvalue weighted by atomic mass is 10.0. The molecule has 1 aromatic carbocycles. The van der Waals surface area contributed by atoms with Gasteiger partial charge in [-0.25, -0.2) is 4.79 Å². The first-order chi connectivity index (χ1) is 9.28. The van der Waals surface area contributed by atoms with Crippen LogP contribution in [0.1, 0.15) is 35.6 Å². The minimum atomic E-state index is 0.0407. The Balaban J connectivity index is 1.71. The number of nitrogens with zero attached hydrogens (tertiary/aromatic N) is 1. The maximum absolute atomic E-state index is 11.9. The molecule has 1 heterocycles. The molecule has 1 aliphatic heterocycles. The summed E-state index contributed by atoms with van der Waals surface area (Å²) in [6.45, 7) is 2.15. The first-order valence-corrected chi connectivity index (χ1v) is 7.15. The summed E-state index contributed by atoms with van der Waals surface area (Å²) in [4.78, 5) is 13.7. The van der Waals surface area contributed by atoms with E-state index in [1.54, 1.807) is 0 Å². The molecule has 2 aliphatic rings. The van der Waals surface area contributed by atoms with Crippen molar-refractivity contribution < 1.29 is 4.79 Å². The molecule has 0 aromatic heterocycles. The summed E-state index contributed by atoms with van der Waals surface area (Å²) in [6, 6.07) is 6.85. The molecule has 1 saturated heterocycles. The van der Waals surface area contributed by atoms with Crippen LogP contribution in [0.5, 0.6) is 0 Å². The van der Waals surface area contributed by atoms with Crippen LogP contribution in [0.2, 0.25) is 0 Å². The van der Waals surface area contributed by atoms with Gasteiger partial charge in [0.05, 0.1) is 6.04 Å². The van der Waals surface area contributed by atoms with E-state index in [1.807, 2.05) is 4.90 Å². The van der Waals surface area contributed by atoms with E-state index in [9.17, 15) is 4.79 Å². The quantitative estimate of drug-likeness (QED) is 0.862. The minimum absolute atomic E-state index is 0.0407. The SMILES string of the molecule is NCCCN1CC(c2ccc3c(c2)CCC3)NC1=O. The third-order valence-corrected chi connectivity index (χ3v) is 4.14. The number of hydrogen-bond acceptors (Lipinski definition) is 2. The molecule has 0 spiro atoms. The number of fused-ring (bicyclic) bond motifs is 1. The second kappa shape index (κ2) is 5.21. The highest BCUT2D eigenvalue weighted by atomic mass is 16.2. The highest BCUT2D eigenvalue weighted by Gasteiger charge is 2.29. The molecule has 4 nitrogen and oxygen atoms in total. The van der Waals surface area contributed by atoms with Crippen molar-refractivity contribution in [3.05, 3.63) is 34.9 Å². The molecule has 2 amide bonds. The molecule has 1 aliphatic carbocycles. The van der Waals surface area contributed by atoms with E-state index >= 15 is 0 Å². The lowest BCUT2D eigenvalue weighted by Crippen LogP contribution is -2.30. The summed E-state index contributed by atoms with van der Waals surface area (Å²) in [5.74, 6) is 0. The van der Waals surface area contributed by atoms with Gasteiger partial charge < -0.3 is 16.0 Å². The Morgan fingerprint density at radius 3 is 3.00 bits per heavy atom. The summed E-state index contributed by atoms with van der Waals surface area (Å²) in [5, 5.41) is 3.07. The third-order valence-electron chi connectivity index (χ3n) is 4.14. The number of nitrogens with one attached hydrogen (secondary N) is 1. The Morgan fingerprint density at radius 1 is 1.32 bits per heavy atom. The molecule has 19 heavy (non-hydrogen) atoms. The summed E-state index contributed by atoms with van der Waals surface area (Å²) < 4.78 is 0. The van der Waals surface area contributed by atoms with Crippen LogP contribution in [-0.2, 0) is 12.8 Å². The maximum atomic E-state index is 11.9. The summed E-state index contributed by atoms with van der Waals surface area (Å²) in [7, 11) is 0. The van der Waals surface area contributed by atoms with E-state index < -0.39 is 0 Å². The summed E-state index contributed by atoms with van der Waals surface area (Å²) >= 11 is 0. The number of carbonyl (C=O) groups is 1. The lowest BCUT2D eigenvalue weighted by Gasteiger charge is -2.14. The van der Waals surface area contributed by atoms with Gasteiger partial charge in [-0.3, -0.25) is 0 Å². The van der Waals surface area contributed by atoms with Gasteiger partial charge in [-0.15, -0.1) is 0 Å². The van der Waals surface area contributed by atoms with Crippen LogP contribution in [0.15, 0.2) is 18.2 Å². The molecule has 1 fully saturated rings. The number of benzene rings is 1. The van der Waals surface area contributed by atoms with E-state index in [0.29, 0.717) is 6.54 Å². The van der Waals surface area contributed by atoms with Crippen molar-refractivity contribution >= 4 is 6.03 Å². The molecule has 0 saturated carbocycles. The van der Waals surface area contributed by atoms with Crippen LogP contribution in [0.25, 0.3) is 0 Å². The van der Waals surface area contributed by atoms with Crippen LogP contribution >= 0.6 is 0 Å². The molecule has 0 radical (unpaired) electrons. The molecule has 3 rings (SSSR count). The van der Waals surface area contributed by atoms with Crippen molar-refractivity contribution in [2.75, 3.05) is 19.6 Å². The van der Waals surface area contributed by atoms with Gasteiger partial charge in [-0.1, -0.05) is 18.2 Å². The van der Waals surface area contributed by atoms with Crippen molar-refractivity contribution in [1.29, 1.82) is 0 Å². The fourth-order valence-corrected chi connectivity index (χ4v) is 3.06. The van der Waals surface area contributed by atoms with Gasteiger partial charge in [0.25, 0.3) is 0 Å². The molecular formula is C15H21N3O. The van der Waals surface area contributed by atoms with Crippen LogP contribution < -0.4 is 11.1 Å². The number of aryl methyl sites for hydroxylation is 2. The Labute approximate surface area is 114 Å². The van der Waals surface area contributed by atoms with E-state index in [1.165, 1.54) is 36.0 Å². The number of amides is 2. The van der Waals surface area contributed by atoms with Crippen LogP contribution in [0, 0.1) is 0 Å². The predicted molar refractivity (Wildman–Crippen MR) is 75.0 cm³/mol. The van der Waals surface area contributed by atoms with Crippen LogP contribution in [0.3, 0.4) is 0 Å². The number of hydrogen-bond donors (Lipinski definition) is 2.